The number of ketones is 1. The Hall–Kier alpha value is -1.61. The second-order valence-electron chi connectivity index (χ2n) is 3.28. The van der Waals surface area contributed by atoms with E-state index >= 15 is 0 Å². The van der Waals surface area contributed by atoms with Crippen molar-refractivity contribution < 1.29 is 4.79 Å². The van der Waals surface area contributed by atoms with Crippen LogP contribution in [0.3, 0.4) is 0 Å². The lowest BCUT2D eigenvalue weighted by molar-refractivity contribution is 0.103. The molecule has 80 valence electrons. The summed E-state index contributed by atoms with van der Waals surface area (Å²) in [5.41, 5.74) is 1.16. The highest BCUT2D eigenvalue weighted by Crippen LogP contribution is 2.14. The Bertz CT molecular complexity index is 479. The molecule has 0 radical (unpaired) electrons. The van der Waals surface area contributed by atoms with Crippen LogP contribution in [0.5, 0.6) is 0 Å². The zero-order valence-electron chi connectivity index (χ0n) is 8.88. The highest BCUT2D eigenvalue weighted by Gasteiger charge is 2.09. The lowest BCUT2D eigenvalue weighted by Gasteiger charge is -2.00. The molecule has 0 amide bonds. The van der Waals surface area contributed by atoms with Crippen molar-refractivity contribution in [1.82, 2.24) is 4.98 Å². The van der Waals surface area contributed by atoms with E-state index in [1.165, 1.54) is 0 Å². The van der Waals surface area contributed by atoms with Crippen LogP contribution in [0.2, 0.25) is 0 Å². The summed E-state index contributed by atoms with van der Waals surface area (Å²) >= 11 is 1.61. The van der Waals surface area contributed by atoms with Gasteiger partial charge in [0.25, 0.3) is 0 Å². The van der Waals surface area contributed by atoms with Crippen LogP contribution >= 0.6 is 11.8 Å². The summed E-state index contributed by atoms with van der Waals surface area (Å²) in [6, 6.07) is 12.9. The predicted molar refractivity (Wildman–Crippen MR) is 65.9 cm³/mol. The van der Waals surface area contributed by atoms with E-state index in [-0.39, 0.29) is 5.78 Å². The maximum absolute atomic E-state index is 12.0. The minimum absolute atomic E-state index is 0.0340. The molecule has 0 saturated heterocycles. The summed E-state index contributed by atoms with van der Waals surface area (Å²) in [6.07, 6.45) is 3.70. The van der Waals surface area contributed by atoms with E-state index in [9.17, 15) is 4.79 Å². The van der Waals surface area contributed by atoms with E-state index in [2.05, 4.69) is 4.98 Å². The van der Waals surface area contributed by atoms with Crippen LogP contribution in [0, 0.1) is 0 Å². The van der Waals surface area contributed by atoms with Crippen molar-refractivity contribution in [3.05, 3.63) is 59.9 Å². The summed E-state index contributed by atoms with van der Waals surface area (Å²) in [5, 5.41) is 0. The Morgan fingerprint density at radius 2 is 1.88 bits per heavy atom. The van der Waals surface area contributed by atoms with Gasteiger partial charge in [-0.15, -0.1) is 11.8 Å². The molecule has 2 aromatic rings. The van der Waals surface area contributed by atoms with Gasteiger partial charge in [0.15, 0.2) is 0 Å². The highest BCUT2D eigenvalue weighted by atomic mass is 32.2. The van der Waals surface area contributed by atoms with Gasteiger partial charge >= 0.3 is 0 Å². The van der Waals surface area contributed by atoms with E-state index < -0.39 is 0 Å². The Kier molecular flexibility index (Phi) is 3.37. The van der Waals surface area contributed by atoms with E-state index in [4.69, 9.17) is 0 Å². The molecule has 0 unspecified atom stereocenters. The van der Waals surface area contributed by atoms with Crippen LogP contribution in [0.1, 0.15) is 16.1 Å². The summed E-state index contributed by atoms with van der Waals surface area (Å²) < 4.78 is 0. The molecule has 0 fully saturated rings. The zero-order chi connectivity index (χ0) is 11.4. The van der Waals surface area contributed by atoms with Crippen LogP contribution in [-0.4, -0.2) is 17.0 Å². The molecule has 0 bridgehead atoms. The summed E-state index contributed by atoms with van der Waals surface area (Å²) in [7, 11) is 0. The third kappa shape index (κ3) is 2.31. The van der Waals surface area contributed by atoms with Gasteiger partial charge < -0.3 is 0 Å². The molecule has 0 N–H and O–H groups in total. The quantitative estimate of drug-likeness (QED) is 0.598. The normalized spacial score (nSPS) is 10.1. The number of aromatic nitrogens is 1. The molecule has 0 spiro atoms. The van der Waals surface area contributed by atoms with Gasteiger partial charge in [0, 0.05) is 16.7 Å². The fourth-order valence-corrected chi connectivity index (χ4v) is 1.74. The number of rotatable bonds is 3. The smallest absolute Gasteiger partial charge is 0.211 e. The third-order valence-corrected chi connectivity index (χ3v) is 2.95. The van der Waals surface area contributed by atoms with Crippen molar-refractivity contribution in [3.63, 3.8) is 0 Å². The number of carbonyl (C=O) groups excluding carboxylic acids is 1. The molecule has 0 atom stereocenters. The van der Waals surface area contributed by atoms with Gasteiger partial charge in [-0.1, -0.05) is 30.3 Å². The first kappa shape index (κ1) is 10.9. The lowest BCUT2D eigenvalue weighted by atomic mass is 10.1. The summed E-state index contributed by atoms with van der Waals surface area (Å²) in [6.45, 7) is 0. The highest BCUT2D eigenvalue weighted by molar-refractivity contribution is 7.98. The summed E-state index contributed by atoms with van der Waals surface area (Å²) in [5.74, 6) is -0.0340. The fraction of sp³-hybridized carbons (Fsp3) is 0.0769. The van der Waals surface area contributed by atoms with Crippen LogP contribution in [0.4, 0.5) is 0 Å². The molecule has 3 heteroatoms. The molecule has 16 heavy (non-hydrogen) atoms. The van der Waals surface area contributed by atoms with E-state index in [1.54, 1.807) is 36.2 Å². The molecule has 0 saturated carbocycles. The Morgan fingerprint density at radius 1 is 1.12 bits per heavy atom. The summed E-state index contributed by atoms with van der Waals surface area (Å²) in [4.78, 5) is 17.2. The van der Waals surface area contributed by atoms with Gasteiger partial charge in [0.05, 0.1) is 0 Å². The molecule has 0 aliphatic heterocycles. The average molecular weight is 229 g/mol. The number of hydrogen-bond acceptors (Lipinski definition) is 3. The van der Waals surface area contributed by atoms with Crippen molar-refractivity contribution >= 4 is 17.5 Å². The number of pyridine rings is 1. The first-order valence-corrected chi connectivity index (χ1v) is 6.13. The van der Waals surface area contributed by atoms with Crippen molar-refractivity contribution in [2.75, 3.05) is 6.26 Å². The second-order valence-corrected chi connectivity index (χ2v) is 4.16. The minimum atomic E-state index is -0.0340. The molecular formula is C13H11NOS. The fourth-order valence-electron chi connectivity index (χ4n) is 1.37. The topological polar surface area (TPSA) is 30.0 Å². The number of benzene rings is 1. The number of hydrogen-bond donors (Lipinski definition) is 0. The van der Waals surface area contributed by atoms with E-state index in [0.29, 0.717) is 11.3 Å². The third-order valence-electron chi connectivity index (χ3n) is 2.24. The molecule has 0 aliphatic carbocycles. The van der Waals surface area contributed by atoms with Gasteiger partial charge in [-0.2, -0.15) is 0 Å². The molecule has 1 aromatic carbocycles. The monoisotopic (exact) mass is 229 g/mol. The number of thioether (sulfide) groups is 1. The van der Waals surface area contributed by atoms with Crippen molar-refractivity contribution in [3.8, 4) is 0 Å². The van der Waals surface area contributed by atoms with Crippen LogP contribution in [0.15, 0.2) is 53.6 Å². The second kappa shape index (κ2) is 4.94. The Labute approximate surface area is 98.7 Å². The molecule has 2 nitrogen and oxygen atoms in total. The number of carbonyl (C=O) groups is 1. The molecule has 1 aromatic heterocycles. The maximum atomic E-state index is 12.0. The zero-order valence-corrected chi connectivity index (χ0v) is 9.70. The van der Waals surface area contributed by atoms with Crippen LogP contribution in [-0.2, 0) is 0 Å². The van der Waals surface area contributed by atoms with Gasteiger partial charge in [0.1, 0.15) is 5.69 Å². The average Bonchev–Trinajstić information content (AvgIpc) is 2.39. The van der Waals surface area contributed by atoms with Crippen molar-refractivity contribution in [2.24, 2.45) is 0 Å². The molecule has 0 aliphatic rings. The van der Waals surface area contributed by atoms with Gasteiger partial charge in [0.2, 0.25) is 5.78 Å². The SMILES string of the molecule is CSc1ccc(C(=O)c2ccccc2)nc1. The standard InChI is InChI=1S/C13H11NOS/c1-16-11-7-8-12(14-9-11)13(15)10-5-3-2-4-6-10/h2-9H,1H3. The Balaban J connectivity index is 2.28. The molecule has 1 heterocycles. The molecule has 2 rings (SSSR count). The van der Waals surface area contributed by atoms with Gasteiger partial charge in [-0.3, -0.25) is 9.78 Å². The van der Waals surface area contributed by atoms with Gasteiger partial charge in [-0.05, 0) is 18.4 Å². The van der Waals surface area contributed by atoms with Crippen LogP contribution < -0.4 is 0 Å². The lowest BCUT2D eigenvalue weighted by Crippen LogP contribution is -2.03. The van der Waals surface area contributed by atoms with Crippen LogP contribution in [0.25, 0.3) is 0 Å². The van der Waals surface area contributed by atoms with Crippen molar-refractivity contribution in [2.45, 2.75) is 4.90 Å². The number of nitrogens with zero attached hydrogens (tertiary/aromatic N) is 1. The largest absolute Gasteiger partial charge is 0.287 e. The van der Waals surface area contributed by atoms with Crippen molar-refractivity contribution in [1.29, 1.82) is 0 Å². The van der Waals surface area contributed by atoms with E-state index in [0.717, 1.165) is 4.90 Å². The predicted octanol–water partition coefficient (Wildman–Crippen LogP) is 3.03. The first-order chi connectivity index (χ1) is 7.81. The first-order valence-electron chi connectivity index (χ1n) is 4.91. The Morgan fingerprint density at radius 3 is 2.44 bits per heavy atom. The minimum Gasteiger partial charge on any atom is -0.287 e. The van der Waals surface area contributed by atoms with E-state index in [1.807, 2.05) is 30.5 Å². The van der Waals surface area contributed by atoms with Gasteiger partial charge in [-0.25, -0.2) is 0 Å². The maximum Gasteiger partial charge on any atom is 0.211 e. The molecular weight excluding hydrogens is 218 g/mol.